The maximum Gasteiger partial charge on any atom is 0.219 e. The average Bonchev–Trinajstić information content (AvgIpc) is 2.65. The predicted molar refractivity (Wildman–Crippen MR) is 58.7 cm³/mol. The summed E-state index contributed by atoms with van der Waals surface area (Å²) in [4.78, 5) is 0. The number of rotatable bonds is 2. The SMILES string of the molecule is CCc1nnc(C2CCCCCCC2)o1. The highest BCUT2D eigenvalue weighted by Gasteiger charge is 2.19. The van der Waals surface area contributed by atoms with Crippen LogP contribution in [0.2, 0.25) is 0 Å². The van der Waals surface area contributed by atoms with Crippen molar-refractivity contribution in [1.29, 1.82) is 0 Å². The molecule has 0 spiro atoms. The molecule has 1 aliphatic rings. The maximum absolute atomic E-state index is 5.65. The number of hydrogen-bond donors (Lipinski definition) is 0. The molecule has 0 bridgehead atoms. The zero-order chi connectivity index (χ0) is 10.5. The second-order valence-corrected chi connectivity index (χ2v) is 4.43. The topological polar surface area (TPSA) is 38.9 Å². The number of nitrogens with zero attached hydrogens (tertiary/aromatic N) is 2. The van der Waals surface area contributed by atoms with Crippen LogP contribution in [0, 0.1) is 0 Å². The van der Waals surface area contributed by atoms with Crippen LogP contribution >= 0.6 is 0 Å². The van der Waals surface area contributed by atoms with Gasteiger partial charge in [0.1, 0.15) is 0 Å². The van der Waals surface area contributed by atoms with E-state index in [4.69, 9.17) is 4.42 Å². The second kappa shape index (κ2) is 5.29. The third kappa shape index (κ3) is 2.80. The van der Waals surface area contributed by atoms with Crippen molar-refractivity contribution in [2.45, 2.75) is 64.2 Å². The summed E-state index contributed by atoms with van der Waals surface area (Å²) in [6, 6.07) is 0. The molecule has 1 fully saturated rings. The first-order valence-electron chi connectivity index (χ1n) is 6.22. The lowest BCUT2D eigenvalue weighted by molar-refractivity contribution is 0.364. The minimum absolute atomic E-state index is 0.526. The summed E-state index contributed by atoms with van der Waals surface area (Å²) < 4.78 is 5.65. The smallest absolute Gasteiger partial charge is 0.219 e. The van der Waals surface area contributed by atoms with Crippen molar-refractivity contribution in [2.75, 3.05) is 0 Å². The fraction of sp³-hybridized carbons (Fsp3) is 0.833. The molecule has 1 aromatic heterocycles. The molecule has 15 heavy (non-hydrogen) atoms. The molecule has 0 aliphatic heterocycles. The molecule has 0 radical (unpaired) electrons. The van der Waals surface area contributed by atoms with E-state index in [1.54, 1.807) is 0 Å². The van der Waals surface area contributed by atoms with Crippen LogP contribution in [0.15, 0.2) is 4.42 Å². The van der Waals surface area contributed by atoms with E-state index in [1.807, 2.05) is 0 Å². The highest BCUT2D eigenvalue weighted by Crippen LogP contribution is 2.29. The minimum Gasteiger partial charge on any atom is -0.425 e. The molecule has 0 unspecified atom stereocenters. The molecule has 0 aromatic carbocycles. The van der Waals surface area contributed by atoms with E-state index in [0.29, 0.717) is 5.92 Å². The summed E-state index contributed by atoms with van der Waals surface area (Å²) in [7, 11) is 0. The van der Waals surface area contributed by atoms with Crippen molar-refractivity contribution in [3.8, 4) is 0 Å². The summed E-state index contributed by atoms with van der Waals surface area (Å²) >= 11 is 0. The van der Waals surface area contributed by atoms with E-state index in [1.165, 1.54) is 44.9 Å². The molecule has 0 atom stereocenters. The van der Waals surface area contributed by atoms with Crippen LogP contribution in [0.4, 0.5) is 0 Å². The van der Waals surface area contributed by atoms with Crippen LogP contribution in [0.5, 0.6) is 0 Å². The van der Waals surface area contributed by atoms with E-state index in [0.717, 1.165) is 18.2 Å². The van der Waals surface area contributed by atoms with Gasteiger partial charge in [0.2, 0.25) is 11.8 Å². The fourth-order valence-corrected chi connectivity index (χ4v) is 2.28. The highest BCUT2D eigenvalue weighted by atomic mass is 16.4. The Hall–Kier alpha value is -0.860. The molecular weight excluding hydrogens is 188 g/mol. The molecule has 1 saturated carbocycles. The van der Waals surface area contributed by atoms with Crippen molar-refractivity contribution in [2.24, 2.45) is 0 Å². The summed E-state index contributed by atoms with van der Waals surface area (Å²) in [5.41, 5.74) is 0. The van der Waals surface area contributed by atoms with E-state index in [9.17, 15) is 0 Å². The Labute approximate surface area is 91.3 Å². The lowest BCUT2D eigenvalue weighted by Crippen LogP contribution is -2.02. The Morgan fingerprint density at radius 3 is 2.33 bits per heavy atom. The van der Waals surface area contributed by atoms with E-state index in [-0.39, 0.29) is 0 Å². The molecule has 0 amide bonds. The lowest BCUT2D eigenvalue weighted by atomic mass is 9.91. The van der Waals surface area contributed by atoms with Gasteiger partial charge in [-0.3, -0.25) is 0 Å². The summed E-state index contributed by atoms with van der Waals surface area (Å²) in [6.45, 7) is 2.05. The van der Waals surface area contributed by atoms with Crippen molar-refractivity contribution in [3.05, 3.63) is 11.8 Å². The summed E-state index contributed by atoms with van der Waals surface area (Å²) in [5.74, 6) is 2.19. The van der Waals surface area contributed by atoms with Gasteiger partial charge in [-0.1, -0.05) is 39.0 Å². The van der Waals surface area contributed by atoms with Gasteiger partial charge >= 0.3 is 0 Å². The molecule has 0 saturated heterocycles. The number of aromatic nitrogens is 2. The largest absolute Gasteiger partial charge is 0.425 e. The zero-order valence-corrected chi connectivity index (χ0v) is 9.54. The van der Waals surface area contributed by atoms with Crippen LogP contribution in [0.25, 0.3) is 0 Å². The molecule has 3 heteroatoms. The van der Waals surface area contributed by atoms with Gasteiger partial charge in [-0.05, 0) is 12.8 Å². The second-order valence-electron chi connectivity index (χ2n) is 4.43. The Bertz CT molecular complexity index is 288. The van der Waals surface area contributed by atoms with Crippen molar-refractivity contribution in [1.82, 2.24) is 10.2 Å². The van der Waals surface area contributed by atoms with Crippen LogP contribution < -0.4 is 0 Å². The third-order valence-electron chi connectivity index (χ3n) is 3.24. The van der Waals surface area contributed by atoms with Gasteiger partial charge in [0.05, 0.1) is 0 Å². The van der Waals surface area contributed by atoms with E-state index < -0.39 is 0 Å². The molecule has 3 nitrogen and oxygen atoms in total. The van der Waals surface area contributed by atoms with Crippen LogP contribution in [0.3, 0.4) is 0 Å². The first-order chi connectivity index (χ1) is 7.40. The molecule has 1 aliphatic carbocycles. The van der Waals surface area contributed by atoms with Gasteiger partial charge in [-0.15, -0.1) is 10.2 Å². The van der Waals surface area contributed by atoms with Crippen LogP contribution in [-0.4, -0.2) is 10.2 Å². The number of aryl methyl sites for hydroxylation is 1. The fourth-order valence-electron chi connectivity index (χ4n) is 2.28. The van der Waals surface area contributed by atoms with E-state index >= 15 is 0 Å². The standard InChI is InChI=1S/C12H20N2O/c1-2-11-13-14-12(15-11)10-8-6-4-3-5-7-9-10/h10H,2-9H2,1H3. The summed E-state index contributed by atoms with van der Waals surface area (Å²) in [6.07, 6.45) is 10.1. The Morgan fingerprint density at radius 2 is 1.73 bits per heavy atom. The average molecular weight is 208 g/mol. The normalized spacial score (nSPS) is 19.8. The first-order valence-corrected chi connectivity index (χ1v) is 6.22. The monoisotopic (exact) mass is 208 g/mol. The van der Waals surface area contributed by atoms with E-state index in [2.05, 4.69) is 17.1 Å². The molecule has 2 rings (SSSR count). The Kier molecular flexibility index (Phi) is 3.75. The van der Waals surface area contributed by atoms with Crippen LogP contribution in [-0.2, 0) is 6.42 Å². The van der Waals surface area contributed by atoms with Crippen molar-refractivity contribution >= 4 is 0 Å². The number of hydrogen-bond acceptors (Lipinski definition) is 3. The van der Waals surface area contributed by atoms with Gasteiger partial charge in [0.15, 0.2) is 0 Å². The van der Waals surface area contributed by atoms with Gasteiger partial charge in [-0.25, -0.2) is 0 Å². The van der Waals surface area contributed by atoms with Crippen molar-refractivity contribution < 1.29 is 4.42 Å². The lowest BCUT2D eigenvalue weighted by Gasteiger charge is -2.15. The Morgan fingerprint density at radius 1 is 1.07 bits per heavy atom. The van der Waals surface area contributed by atoms with Gasteiger partial charge in [0.25, 0.3) is 0 Å². The summed E-state index contributed by atoms with van der Waals surface area (Å²) in [5, 5.41) is 8.21. The highest BCUT2D eigenvalue weighted by molar-refractivity contribution is 4.91. The molecule has 1 aromatic rings. The minimum atomic E-state index is 0.526. The molecular formula is C12H20N2O. The van der Waals surface area contributed by atoms with Crippen molar-refractivity contribution in [3.63, 3.8) is 0 Å². The first kappa shape index (κ1) is 10.7. The third-order valence-corrected chi connectivity index (χ3v) is 3.24. The van der Waals surface area contributed by atoms with Gasteiger partial charge < -0.3 is 4.42 Å². The maximum atomic E-state index is 5.65. The van der Waals surface area contributed by atoms with Crippen LogP contribution in [0.1, 0.15) is 69.6 Å². The molecule has 84 valence electrons. The Balaban J connectivity index is 2.00. The molecule has 1 heterocycles. The quantitative estimate of drug-likeness (QED) is 0.747. The zero-order valence-electron chi connectivity index (χ0n) is 9.54. The predicted octanol–water partition coefficient (Wildman–Crippen LogP) is 3.46. The van der Waals surface area contributed by atoms with Gasteiger partial charge in [-0.2, -0.15) is 0 Å². The van der Waals surface area contributed by atoms with Gasteiger partial charge in [0, 0.05) is 12.3 Å². The molecule has 0 N–H and O–H groups in total.